The number of H-pyrrole nitrogens is 2. The molecule has 0 aliphatic heterocycles. The minimum Gasteiger partial charge on any atom is -0.495 e. The second kappa shape index (κ2) is 3.41. The van der Waals surface area contributed by atoms with Gasteiger partial charge in [-0.3, -0.25) is 4.79 Å². The van der Waals surface area contributed by atoms with Crippen molar-refractivity contribution in [1.29, 1.82) is 0 Å². The molecule has 2 aromatic rings. The largest absolute Gasteiger partial charge is 0.495 e. The van der Waals surface area contributed by atoms with Gasteiger partial charge in [-0.15, -0.1) is 0 Å². The Hall–Kier alpha value is -1.97. The monoisotopic (exact) mass is 190 g/mol. The van der Waals surface area contributed by atoms with Crippen LogP contribution in [-0.4, -0.2) is 22.9 Å². The number of rotatable bonds is 3. The van der Waals surface area contributed by atoms with Crippen molar-refractivity contribution in [2.45, 2.75) is 0 Å². The minimum atomic E-state index is -0.0710. The molecule has 0 radical (unpaired) electrons. The average Bonchev–Trinajstić information content (AvgIpc) is 2.88. The Labute approximate surface area is 80.9 Å². The van der Waals surface area contributed by atoms with Gasteiger partial charge in [-0.2, -0.15) is 0 Å². The van der Waals surface area contributed by atoms with E-state index in [1.54, 1.807) is 37.7 Å². The van der Waals surface area contributed by atoms with E-state index in [1.165, 1.54) is 0 Å². The second-order valence-corrected chi connectivity index (χ2v) is 2.87. The Kier molecular flexibility index (Phi) is 2.10. The molecule has 0 saturated carbocycles. The number of aromatic nitrogens is 2. The number of nitrogens with one attached hydrogen (secondary N) is 2. The highest BCUT2D eigenvalue weighted by Crippen LogP contribution is 2.14. The molecule has 0 bridgehead atoms. The summed E-state index contributed by atoms with van der Waals surface area (Å²) in [4.78, 5) is 17.4. The zero-order valence-corrected chi connectivity index (χ0v) is 7.70. The highest BCUT2D eigenvalue weighted by Gasteiger charge is 2.11. The summed E-state index contributed by atoms with van der Waals surface area (Å²) in [7, 11) is 1.56. The molecule has 2 aromatic heterocycles. The highest BCUT2D eigenvalue weighted by molar-refractivity contribution is 6.06. The Bertz CT molecular complexity index is 429. The van der Waals surface area contributed by atoms with Gasteiger partial charge >= 0.3 is 0 Å². The average molecular weight is 190 g/mol. The second-order valence-electron chi connectivity index (χ2n) is 2.87. The van der Waals surface area contributed by atoms with Crippen molar-refractivity contribution in [3.63, 3.8) is 0 Å². The van der Waals surface area contributed by atoms with E-state index < -0.39 is 0 Å². The maximum atomic E-state index is 11.7. The van der Waals surface area contributed by atoms with Crippen molar-refractivity contribution >= 4 is 5.78 Å². The first-order chi connectivity index (χ1) is 6.81. The molecule has 0 fully saturated rings. The molecule has 0 spiro atoms. The van der Waals surface area contributed by atoms with Crippen LogP contribution in [0.4, 0.5) is 0 Å². The van der Waals surface area contributed by atoms with Gasteiger partial charge in [-0.1, -0.05) is 0 Å². The van der Waals surface area contributed by atoms with Gasteiger partial charge in [0.05, 0.1) is 18.5 Å². The van der Waals surface area contributed by atoms with Crippen LogP contribution in [0.2, 0.25) is 0 Å². The van der Waals surface area contributed by atoms with Crippen LogP contribution in [0.25, 0.3) is 0 Å². The van der Waals surface area contributed by atoms with Gasteiger partial charge in [-0.05, 0) is 12.1 Å². The quantitative estimate of drug-likeness (QED) is 0.722. The zero-order valence-electron chi connectivity index (χ0n) is 7.70. The Morgan fingerprint density at radius 2 is 2.21 bits per heavy atom. The maximum Gasteiger partial charge on any atom is 0.225 e. The van der Waals surface area contributed by atoms with Gasteiger partial charge < -0.3 is 14.7 Å². The molecule has 4 heteroatoms. The lowest BCUT2D eigenvalue weighted by molar-refractivity contribution is 0.103. The third-order valence-corrected chi connectivity index (χ3v) is 1.98. The number of methoxy groups -OCH3 is 1. The molecule has 0 unspecified atom stereocenters. The molecule has 0 atom stereocenters. The van der Waals surface area contributed by atoms with E-state index in [1.807, 2.05) is 0 Å². The third kappa shape index (κ3) is 1.42. The van der Waals surface area contributed by atoms with E-state index in [9.17, 15) is 4.79 Å². The first kappa shape index (κ1) is 8.62. The summed E-state index contributed by atoms with van der Waals surface area (Å²) >= 11 is 0. The molecule has 0 saturated heterocycles. The summed E-state index contributed by atoms with van der Waals surface area (Å²) in [5.74, 6) is 0.582. The predicted molar refractivity (Wildman–Crippen MR) is 51.6 cm³/mol. The van der Waals surface area contributed by atoms with Crippen molar-refractivity contribution in [2.75, 3.05) is 7.11 Å². The minimum absolute atomic E-state index is 0.0710. The van der Waals surface area contributed by atoms with Gasteiger partial charge in [0.2, 0.25) is 5.78 Å². The van der Waals surface area contributed by atoms with Crippen LogP contribution >= 0.6 is 0 Å². The Morgan fingerprint density at radius 3 is 2.79 bits per heavy atom. The normalized spacial score (nSPS) is 10.1. The van der Waals surface area contributed by atoms with Crippen molar-refractivity contribution in [2.24, 2.45) is 0 Å². The molecule has 0 aliphatic carbocycles. The summed E-state index contributed by atoms with van der Waals surface area (Å²) in [6.07, 6.45) is 3.36. The van der Waals surface area contributed by atoms with Crippen molar-refractivity contribution in [3.8, 4) is 5.75 Å². The molecular weight excluding hydrogens is 180 g/mol. The SMILES string of the molecule is COc1c[nH]c(C(=O)c2ccc[nH]2)c1. The van der Waals surface area contributed by atoms with Gasteiger partial charge in [-0.25, -0.2) is 0 Å². The van der Waals surface area contributed by atoms with Crippen molar-refractivity contribution < 1.29 is 9.53 Å². The van der Waals surface area contributed by atoms with E-state index in [0.29, 0.717) is 17.1 Å². The summed E-state index contributed by atoms with van der Waals surface area (Å²) in [5.41, 5.74) is 1.08. The summed E-state index contributed by atoms with van der Waals surface area (Å²) in [5, 5.41) is 0. The highest BCUT2D eigenvalue weighted by atomic mass is 16.5. The van der Waals surface area contributed by atoms with Crippen LogP contribution in [-0.2, 0) is 0 Å². The smallest absolute Gasteiger partial charge is 0.225 e. The van der Waals surface area contributed by atoms with Crippen LogP contribution in [0, 0.1) is 0 Å². The molecule has 0 aromatic carbocycles. The predicted octanol–water partition coefficient (Wildman–Crippen LogP) is 1.58. The molecule has 14 heavy (non-hydrogen) atoms. The fraction of sp³-hybridized carbons (Fsp3) is 0.100. The lowest BCUT2D eigenvalue weighted by Crippen LogP contribution is -2.01. The fourth-order valence-electron chi connectivity index (χ4n) is 1.24. The van der Waals surface area contributed by atoms with Gasteiger partial charge in [0.1, 0.15) is 5.75 Å². The van der Waals surface area contributed by atoms with Crippen LogP contribution in [0.15, 0.2) is 30.6 Å². The number of ether oxygens (including phenoxy) is 1. The molecule has 2 N–H and O–H groups in total. The Morgan fingerprint density at radius 1 is 1.36 bits per heavy atom. The van der Waals surface area contributed by atoms with E-state index >= 15 is 0 Å². The zero-order chi connectivity index (χ0) is 9.97. The molecule has 72 valence electrons. The number of carbonyl (C=O) groups is 1. The summed E-state index contributed by atoms with van der Waals surface area (Å²) < 4.78 is 4.97. The van der Waals surface area contributed by atoms with Crippen LogP contribution in [0.3, 0.4) is 0 Å². The molecule has 4 nitrogen and oxygen atoms in total. The number of hydrogen-bond donors (Lipinski definition) is 2. The number of carbonyl (C=O) groups excluding carboxylic acids is 1. The van der Waals surface area contributed by atoms with Crippen LogP contribution in [0.5, 0.6) is 5.75 Å². The van der Waals surface area contributed by atoms with Crippen molar-refractivity contribution in [3.05, 3.63) is 42.0 Å². The summed E-state index contributed by atoms with van der Waals surface area (Å²) in [6, 6.07) is 5.19. The van der Waals surface area contributed by atoms with E-state index in [0.717, 1.165) is 0 Å². The van der Waals surface area contributed by atoms with Gasteiger partial charge in [0, 0.05) is 18.5 Å². The number of hydrogen-bond acceptors (Lipinski definition) is 2. The lowest BCUT2D eigenvalue weighted by Gasteiger charge is -1.92. The first-order valence-electron chi connectivity index (χ1n) is 4.22. The topological polar surface area (TPSA) is 57.9 Å². The summed E-state index contributed by atoms with van der Waals surface area (Å²) in [6.45, 7) is 0. The fourth-order valence-corrected chi connectivity index (χ4v) is 1.24. The standard InChI is InChI=1S/C10H10N2O2/c1-14-7-5-9(12-6-7)10(13)8-3-2-4-11-8/h2-6,11-12H,1H3. The van der Waals surface area contributed by atoms with E-state index in [2.05, 4.69) is 9.97 Å². The first-order valence-corrected chi connectivity index (χ1v) is 4.22. The molecule has 2 heterocycles. The molecular formula is C10H10N2O2. The van der Waals surface area contributed by atoms with Gasteiger partial charge in [0.25, 0.3) is 0 Å². The maximum absolute atomic E-state index is 11.7. The molecule has 2 rings (SSSR count). The van der Waals surface area contributed by atoms with Crippen molar-refractivity contribution in [1.82, 2.24) is 9.97 Å². The van der Waals surface area contributed by atoms with E-state index in [4.69, 9.17) is 4.74 Å². The number of ketones is 1. The molecule has 0 aliphatic rings. The molecule has 0 amide bonds. The van der Waals surface area contributed by atoms with Gasteiger partial charge in [0.15, 0.2) is 0 Å². The Balaban J connectivity index is 2.28. The van der Waals surface area contributed by atoms with Crippen LogP contribution < -0.4 is 4.74 Å². The third-order valence-electron chi connectivity index (χ3n) is 1.98. The number of aromatic amines is 2. The van der Waals surface area contributed by atoms with E-state index in [-0.39, 0.29) is 5.78 Å². The lowest BCUT2D eigenvalue weighted by atomic mass is 10.2. The van der Waals surface area contributed by atoms with Crippen LogP contribution in [0.1, 0.15) is 16.2 Å².